The quantitative estimate of drug-likeness (QED) is 0.809. The van der Waals surface area contributed by atoms with Gasteiger partial charge in [0, 0.05) is 37.7 Å². The van der Waals surface area contributed by atoms with E-state index in [1.165, 1.54) is 12.0 Å². The van der Waals surface area contributed by atoms with Crippen LogP contribution in [-0.4, -0.2) is 53.6 Å². The van der Waals surface area contributed by atoms with Crippen molar-refractivity contribution in [3.05, 3.63) is 29.3 Å². The molecule has 2 amide bonds. The number of carbonyl (C=O) groups excluding carboxylic acids is 2. The molecule has 0 radical (unpaired) electrons. The number of aryl methyl sites for hydroxylation is 1. The first kappa shape index (κ1) is 19.9. The van der Waals surface area contributed by atoms with Crippen LogP contribution in [0.3, 0.4) is 0 Å². The van der Waals surface area contributed by atoms with E-state index in [1.807, 2.05) is 13.8 Å². The van der Waals surface area contributed by atoms with E-state index in [0.29, 0.717) is 17.7 Å². The standard InChI is InChI=1S/C19H26N2O5/c1-11(2)7-17(22)20-15-6-5-13(8-12(15)3)18(23)21-10-14(26-4)9-16(21)19(24)25/h5-6,8,11,14,16H,7,9-10H2,1-4H3,(H,20,22)(H,24,25). The summed E-state index contributed by atoms with van der Waals surface area (Å²) < 4.78 is 5.22. The molecule has 26 heavy (non-hydrogen) atoms. The number of carboxylic acids is 1. The van der Waals surface area contributed by atoms with Crippen LogP contribution < -0.4 is 5.32 Å². The Kier molecular flexibility index (Phi) is 6.37. The molecule has 1 aliphatic rings. The lowest BCUT2D eigenvalue weighted by molar-refractivity contribution is -0.141. The fourth-order valence-electron chi connectivity index (χ4n) is 3.10. The van der Waals surface area contributed by atoms with Crippen molar-refractivity contribution in [2.24, 2.45) is 5.92 Å². The summed E-state index contributed by atoms with van der Waals surface area (Å²) in [7, 11) is 1.51. The van der Waals surface area contributed by atoms with Gasteiger partial charge in [-0.25, -0.2) is 4.79 Å². The highest BCUT2D eigenvalue weighted by molar-refractivity contribution is 5.98. The number of rotatable bonds is 6. The highest BCUT2D eigenvalue weighted by Gasteiger charge is 2.40. The molecule has 1 aromatic carbocycles. The van der Waals surface area contributed by atoms with Crippen LogP contribution in [0.2, 0.25) is 0 Å². The van der Waals surface area contributed by atoms with Gasteiger partial charge in [-0.3, -0.25) is 9.59 Å². The largest absolute Gasteiger partial charge is 0.480 e. The Labute approximate surface area is 153 Å². The molecule has 7 heteroatoms. The highest BCUT2D eigenvalue weighted by atomic mass is 16.5. The molecule has 2 unspecified atom stereocenters. The zero-order valence-electron chi connectivity index (χ0n) is 15.6. The third-order valence-electron chi connectivity index (χ3n) is 4.48. The van der Waals surface area contributed by atoms with Gasteiger partial charge in [-0.05, 0) is 36.6 Å². The van der Waals surface area contributed by atoms with Crippen LogP contribution in [0, 0.1) is 12.8 Å². The lowest BCUT2D eigenvalue weighted by Gasteiger charge is -2.22. The fraction of sp³-hybridized carbons (Fsp3) is 0.526. The monoisotopic (exact) mass is 362 g/mol. The summed E-state index contributed by atoms with van der Waals surface area (Å²) in [6.45, 7) is 5.99. The molecule has 0 spiro atoms. The van der Waals surface area contributed by atoms with Crippen molar-refractivity contribution >= 4 is 23.5 Å². The third kappa shape index (κ3) is 4.60. The van der Waals surface area contributed by atoms with Crippen molar-refractivity contribution in [1.29, 1.82) is 0 Å². The van der Waals surface area contributed by atoms with Crippen LogP contribution in [0.15, 0.2) is 18.2 Å². The van der Waals surface area contributed by atoms with Gasteiger partial charge in [0.1, 0.15) is 6.04 Å². The molecule has 0 aliphatic carbocycles. The number of nitrogens with zero attached hydrogens (tertiary/aromatic N) is 1. The summed E-state index contributed by atoms with van der Waals surface area (Å²) in [5.74, 6) is -1.20. The van der Waals surface area contributed by atoms with Crippen molar-refractivity contribution in [2.75, 3.05) is 19.0 Å². The van der Waals surface area contributed by atoms with Gasteiger partial charge in [-0.15, -0.1) is 0 Å². The summed E-state index contributed by atoms with van der Waals surface area (Å²) in [5, 5.41) is 12.2. The number of carbonyl (C=O) groups is 3. The van der Waals surface area contributed by atoms with E-state index in [9.17, 15) is 19.5 Å². The summed E-state index contributed by atoms with van der Waals surface area (Å²) in [4.78, 5) is 37.5. The number of amides is 2. The first-order valence-electron chi connectivity index (χ1n) is 8.70. The normalized spacial score (nSPS) is 19.7. The van der Waals surface area contributed by atoms with Gasteiger partial charge in [0.15, 0.2) is 0 Å². The average Bonchev–Trinajstić information content (AvgIpc) is 3.00. The maximum absolute atomic E-state index is 12.8. The third-order valence-corrected chi connectivity index (χ3v) is 4.48. The molecule has 1 heterocycles. The van der Waals surface area contributed by atoms with Gasteiger partial charge < -0.3 is 20.1 Å². The second-order valence-electron chi connectivity index (χ2n) is 7.08. The predicted molar refractivity (Wildman–Crippen MR) is 97.1 cm³/mol. The molecule has 0 saturated carbocycles. The second kappa shape index (κ2) is 8.31. The fourth-order valence-corrected chi connectivity index (χ4v) is 3.10. The number of hydrogen-bond donors (Lipinski definition) is 2. The van der Waals surface area contributed by atoms with Gasteiger partial charge in [0.25, 0.3) is 5.91 Å². The molecule has 1 aliphatic heterocycles. The summed E-state index contributed by atoms with van der Waals surface area (Å²) >= 11 is 0. The van der Waals surface area contributed by atoms with Gasteiger partial charge in [0.2, 0.25) is 5.91 Å². The van der Waals surface area contributed by atoms with E-state index in [2.05, 4.69) is 5.32 Å². The Bertz CT molecular complexity index is 701. The van der Waals surface area contributed by atoms with Crippen molar-refractivity contribution in [1.82, 2.24) is 4.90 Å². The summed E-state index contributed by atoms with van der Waals surface area (Å²) in [6.07, 6.45) is 0.419. The van der Waals surface area contributed by atoms with Gasteiger partial charge in [-0.2, -0.15) is 0 Å². The molecular weight excluding hydrogens is 336 g/mol. The zero-order chi connectivity index (χ0) is 19.4. The number of carboxylic acid groups (broad SMARTS) is 1. The lowest BCUT2D eigenvalue weighted by Crippen LogP contribution is -2.40. The average molecular weight is 362 g/mol. The predicted octanol–water partition coefficient (Wildman–Crippen LogP) is 2.29. The van der Waals surface area contributed by atoms with E-state index in [-0.39, 0.29) is 36.8 Å². The molecule has 2 N–H and O–H groups in total. The molecule has 2 rings (SSSR count). The molecule has 1 fully saturated rings. The lowest BCUT2D eigenvalue weighted by atomic mass is 10.1. The van der Waals surface area contributed by atoms with Crippen LogP contribution in [0.5, 0.6) is 0 Å². The van der Waals surface area contributed by atoms with Crippen molar-refractivity contribution in [2.45, 2.75) is 45.8 Å². The molecule has 0 aromatic heterocycles. The Hall–Kier alpha value is -2.41. The molecule has 1 aromatic rings. The van der Waals surface area contributed by atoms with Crippen LogP contribution in [0.25, 0.3) is 0 Å². The van der Waals surface area contributed by atoms with E-state index in [1.54, 1.807) is 25.1 Å². The second-order valence-corrected chi connectivity index (χ2v) is 7.08. The molecule has 1 saturated heterocycles. The Balaban J connectivity index is 2.16. The number of hydrogen-bond acceptors (Lipinski definition) is 4. The smallest absolute Gasteiger partial charge is 0.326 e. The number of ether oxygens (including phenoxy) is 1. The van der Waals surface area contributed by atoms with Crippen LogP contribution in [-0.2, 0) is 14.3 Å². The topological polar surface area (TPSA) is 95.9 Å². The maximum atomic E-state index is 12.8. The van der Waals surface area contributed by atoms with Crippen molar-refractivity contribution in [3.63, 3.8) is 0 Å². The zero-order valence-corrected chi connectivity index (χ0v) is 15.6. The maximum Gasteiger partial charge on any atom is 0.326 e. The van der Waals surface area contributed by atoms with Crippen LogP contribution >= 0.6 is 0 Å². The summed E-state index contributed by atoms with van der Waals surface area (Å²) in [6, 6.07) is 4.07. The van der Waals surface area contributed by atoms with Gasteiger partial charge in [-0.1, -0.05) is 13.8 Å². The van der Waals surface area contributed by atoms with E-state index in [4.69, 9.17) is 4.74 Å². The molecule has 2 atom stereocenters. The highest BCUT2D eigenvalue weighted by Crippen LogP contribution is 2.24. The van der Waals surface area contributed by atoms with Gasteiger partial charge in [0.05, 0.1) is 6.10 Å². The molecular formula is C19H26N2O5. The minimum absolute atomic E-state index is 0.0735. The SMILES string of the molecule is COC1CC(C(=O)O)N(C(=O)c2ccc(NC(=O)CC(C)C)c(C)c2)C1. The van der Waals surface area contributed by atoms with E-state index >= 15 is 0 Å². The van der Waals surface area contributed by atoms with Crippen molar-refractivity contribution in [3.8, 4) is 0 Å². The number of nitrogens with one attached hydrogen (secondary N) is 1. The first-order valence-corrected chi connectivity index (χ1v) is 8.70. The Morgan fingerprint density at radius 1 is 1.35 bits per heavy atom. The minimum atomic E-state index is -1.04. The number of likely N-dealkylation sites (tertiary alicyclic amines) is 1. The molecule has 0 bridgehead atoms. The Morgan fingerprint density at radius 3 is 2.58 bits per heavy atom. The molecule has 7 nitrogen and oxygen atoms in total. The van der Waals surface area contributed by atoms with E-state index < -0.39 is 12.0 Å². The van der Waals surface area contributed by atoms with Gasteiger partial charge >= 0.3 is 5.97 Å². The van der Waals surface area contributed by atoms with Crippen molar-refractivity contribution < 1.29 is 24.2 Å². The van der Waals surface area contributed by atoms with Crippen LogP contribution in [0.4, 0.5) is 5.69 Å². The minimum Gasteiger partial charge on any atom is -0.480 e. The summed E-state index contributed by atoms with van der Waals surface area (Å²) in [5.41, 5.74) is 1.80. The number of anilines is 1. The Morgan fingerprint density at radius 2 is 2.04 bits per heavy atom. The number of methoxy groups -OCH3 is 1. The van der Waals surface area contributed by atoms with E-state index in [0.717, 1.165) is 5.56 Å². The van der Waals surface area contributed by atoms with Crippen LogP contribution in [0.1, 0.15) is 42.6 Å². The number of aliphatic carboxylic acids is 1. The molecule has 142 valence electrons. The number of benzene rings is 1. The first-order chi connectivity index (χ1) is 12.2.